The van der Waals surface area contributed by atoms with Gasteiger partial charge in [0.05, 0.1) is 33.7 Å². The minimum absolute atomic E-state index is 0.00680. The van der Waals surface area contributed by atoms with E-state index >= 15 is 0 Å². The quantitative estimate of drug-likeness (QED) is 0.600. The maximum Gasteiger partial charge on any atom is 0.227 e. The molecule has 0 spiro atoms. The first-order valence-electron chi connectivity index (χ1n) is 10.8. The van der Waals surface area contributed by atoms with Crippen LogP contribution in [0, 0.1) is 5.92 Å². The Balaban J connectivity index is 1.53. The molecular weight excluding hydrogens is 420 g/mol. The van der Waals surface area contributed by atoms with Crippen LogP contribution >= 0.6 is 0 Å². The van der Waals surface area contributed by atoms with Crippen molar-refractivity contribution in [2.75, 3.05) is 41.5 Å². The monoisotopic (exact) mass is 448 g/mol. The Bertz CT molecular complexity index is 1180. The van der Waals surface area contributed by atoms with Crippen LogP contribution in [-0.2, 0) is 16.0 Å². The number of ether oxygens (including phenoxy) is 3. The molecule has 0 radical (unpaired) electrons. The van der Waals surface area contributed by atoms with Gasteiger partial charge in [-0.3, -0.25) is 9.59 Å². The summed E-state index contributed by atoms with van der Waals surface area (Å²) in [6.07, 6.45) is 0.324. The second-order valence-electron chi connectivity index (χ2n) is 8.10. The van der Waals surface area contributed by atoms with E-state index in [0.29, 0.717) is 36.8 Å². The van der Waals surface area contributed by atoms with E-state index in [1.54, 1.807) is 33.3 Å². The number of nitrogens with zero attached hydrogens (tertiary/aromatic N) is 1. The smallest absolute Gasteiger partial charge is 0.227 e. The van der Waals surface area contributed by atoms with Gasteiger partial charge in [0.25, 0.3) is 0 Å². The van der Waals surface area contributed by atoms with Crippen LogP contribution < -0.4 is 19.5 Å². The largest absolute Gasteiger partial charge is 0.493 e. The molecule has 1 N–H and O–H groups in total. The zero-order valence-corrected chi connectivity index (χ0v) is 19.3. The predicted molar refractivity (Wildman–Crippen MR) is 127 cm³/mol. The van der Waals surface area contributed by atoms with Crippen LogP contribution in [0.2, 0.25) is 0 Å². The van der Waals surface area contributed by atoms with Crippen molar-refractivity contribution in [3.05, 3.63) is 54.1 Å². The Kier molecular flexibility index (Phi) is 6.40. The lowest BCUT2D eigenvalue weighted by Crippen LogP contribution is -2.55. The topological polar surface area (TPSA) is 77.1 Å². The van der Waals surface area contributed by atoms with Gasteiger partial charge >= 0.3 is 0 Å². The number of hydrogen-bond acceptors (Lipinski definition) is 5. The Hall–Kier alpha value is -3.74. The van der Waals surface area contributed by atoms with E-state index in [2.05, 4.69) is 11.4 Å². The first-order chi connectivity index (χ1) is 16.0. The molecule has 1 saturated heterocycles. The van der Waals surface area contributed by atoms with Crippen LogP contribution in [0.15, 0.2) is 48.5 Å². The number of carbonyl (C=O) groups excluding carboxylic acids is 2. The van der Waals surface area contributed by atoms with Gasteiger partial charge in [-0.15, -0.1) is 0 Å². The van der Waals surface area contributed by atoms with E-state index in [1.165, 1.54) is 0 Å². The molecule has 33 heavy (non-hydrogen) atoms. The van der Waals surface area contributed by atoms with Crippen molar-refractivity contribution in [2.24, 2.45) is 5.92 Å². The molecule has 0 saturated carbocycles. The molecular formula is C26H28N2O5. The summed E-state index contributed by atoms with van der Waals surface area (Å²) in [5, 5.41) is 4.76. The first kappa shape index (κ1) is 22.5. The van der Waals surface area contributed by atoms with Gasteiger partial charge in [-0.2, -0.15) is 0 Å². The summed E-state index contributed by atoms with van der Waals surface area (Å²) in [5.41, 5.74) is 2.93. The maximum absolute atomic E-state index is 12.6. The third kappa shape index (κ3) is 4.44. The molecule has 0 unspecified atom stereocenters. The highest BCUT2D eigenvalue weighted by atomic mass is 16.5. The van der Waals surface area contributed by atoms with Crippen molar-refractivity contribution in [2.45, 2.75) is 6.42 Å². The van der Waals surface area contributed by atoms with Gasteiger partial charge in [-0.1, -0.05) is 30.3 Å². The molecule has 1 aliphatic rings. The highest BCUT2D eigenvalue weighted by Gasteiger charge is 2.34. The van der Waals surface area contributed by atoms with Crippen LogP contribution in [-0.4, -0.2) is 58.2 Å². The van der Waals surface area contributed by atoms with Crippen molar-refractivity contribution in [3.63, 3.8) is 0 Å². The predicted octanol–water partition coefficient (Wildman–Crippen LogP) is 3.28. The van der Waals surface area contributed by atoms with Gasteiger partial charge in [0.1, 0.15) is 0 Å². The second-order valence-corrected chi connectivity index (χ2v) is 8.10. The minimum atomic E-state index is -0.0934. The van der Waals surface area contributed by atoms with Crippen LogP contribution in [0.25, 0.3) is 21.9 Å². The average molecular weight is 449 g/mol. The molecule has 4 rings (SSSR count). The highest BCUT2D eigenvalue weighted by molar-refractivity contribution is 5.90. The van der Waals surface area contributed by atoms with E-state index in [4.69, 9.17) is 14.2 Å². The summed E-state index contributed by atoms with van der Waals surface area (Å²) in [6.45, 7) is 0.981. The average Bonchev–Trinajstić information content (AvgIpc) is 2.81. The SMILES string of the molecule is CNC(=O)C1CN(C(=O)Cc2ccc3cc(-c4cc(OC)c(OC)c(OC)c4)ccc3c2)C1. The highest BCUT2D eigenvalue weighted by Crippen LogP contribution is 2.41. The number of nitrogens with one attached hydrogen (secondary N) is 1. The van der Waals surface area contributed by atoms with Gasteiger partial charge in [0, 0.05) is 20.1 Å². The summed E-state index contributed by atoms with van der Waals surface area (Å²) < 4.78 is 16.4. The number of fused-ring (bicyclic) bond motifs is 1. The molecule has 1 fully saturated rings. The van der Waals surface area contributed by atoms with Crippen LogP contribution in [0.4, 0.5) is 0 Å². The molecule has 0 aliphatic carbocycles. The lowest BCUT2D eigenvalue weighted by atomic mass is 9.96. The van der Waals surface area contributed by atoms with Gasteiger partial charge in [-0.25, -0.2) is 0 Å². The molecule has 1 aliphatic heterocycles. The van der Waals surface area contributed by atoms with Crippen molar-refractivity contribution >= 4 is 22.6 Å². The Labute approximate surface area is 193 Å². The summed E-state index contributed by atoms with van der Waals surface area (Å²) in [4.78, 5) is 25.9. The Morgan fingerprint density at radius 3 is 2.12 bits per heavy atom. The van der Waals surface area contributed by atoms with E-state index in [1.807, 2.05) is 42.5 Å². The Morgan fingerprint density at radius 2 is 1.52 bits per heavy atom. The fourth-order valence-corrected chi connectivity index (χ4v) is 4.17. The lowest BCUT2D eigenvalue weighted by molar-refractivity contribution is -0.142. The second kappa shape index (κ2) is 9.40. The van der Waals surface area contributed by atoms with Crippen molar-refractivity contribution in [3.8, 4) is 28.4 Å². The van der Waals surface area contributed by atoms with E-state index in [9.17, 15) is 9.59 Å². The van der Waals surface area contributed by atoms with Gasteiger partial charge in [0.2, 0.25) is 17.6 Å². The van der Waals surface area contributed by atoms with E-state index in [-0.39, 0.29) is 17.7 Å². The molecule has 0 bridgehead atoms. The van der Waals surface area contributed by atoms with E-state index in [0.717, 1.165) is 27.5 Å². The number of amides is 2. The summed E-state index contributed by atoms with van der Waals surface area (Å²) >= 11 is 0. The van der Waals surface area contributed by atoms with Gasteiger partial charge in [0.15, 0.2) is 11.5 Å². The zero-order valence-electron chi connectivity index (χ0n) is 19.3. The number of rotatable bonds is 7. The van der Waals surface area contributed by atoms with Crippen molar-refractivity contribution in [1.29, 1.82) is 0 Å². The third-order valence-electron chi connectivity index (χ3n) is 6.11. The zero-order chi connectivity index (χ0) is 23.5. The normalized spacial score (nSPS) is 13.4. The fourth-order valence-electron chi connectivity index (χ4n) is 4.17. The summed E-state index contributed by atoms with van der Waals surface area (Å²) in [5.74, 6) is 1.71. The third-order valence-corrected chi connectivity index (χ3v) is 6.11. The molecule has 0 atom stereocenters. The molecule has 7 heteroatoms. The van der Waals surface area contributed by atoms with Crippen molar-refractivity contribution < 1.29 is 23.8 Å². The first-order valence-corrected chi connectivity index (χ1v) is 10.8. The summed E-state index contributed by atoms with van der Waals surface area (Å²) in [6, 6.07) is 16.1. The fraction of sp³-hybridized carbons (Fsp3) is 0.308. The van der Waals surface area contributed by atoms with Crippen LogP contribution in [0.1, 0.15) is 5.56 Å². The maximum atomic E-state index is 12.6. The van der Waals surface area contributed by atoms with Gasteiger partial charge in [-0.05, 0) is 45.7 Å². The number of benzene rings is 3. The molecule has 3 aromatic rings. The molecule has 2 amide bonds. The molecule has 1 heterocycles. The number of likely N-dealkylation sites (tertiary alicyclic amines) is 1. The standard InChI is InChI=1S/C26H28N2O5/c1-27-26(30)21-14-28(15-21)24(29)10-16-5-6-18-11-19(8-7-17(18)9-16)20-12-22(31-2)25(33-4)23(13-20)32-3/h5-9,11-13,21H,10,14-15H2,1-4H3,(H,27,30). The molecule has 0 aromatic heterocycles. The Morgan fingerprint density at radius 1 is 0.879 bits per heavy atom. The lowest BCUT2D eigenvalue weighted by Gasteiger charge is -2.38. The molecule has 3 aromatic carbocycles. The van der Waals surface area contributed by atoms with Crippen LogP contribution in [0.5, 0.6) is 17.2 Å². The molecule has 172 valence electrons. The molecule has 7 nitrogen and oxygen atoms in total. The number of carbonyl (C=O) groups is 2. The van der Waals surface area contributed by atoms with Crippen molar-refractivity contribution in [1.82, 2.24) is 10.2 Å². The number of methoxy groups -OCH3 is 3. The minimum Gasteiger partial charge on any atom is -0.493 e. The number of hydrogen-bond donors (Lipinski definition) is 1. The van der Waals surface area contributed by atoms with Gasteiger partial charge < -0.3 is 24.4 Å². The van der Waals surface area contributed by atoms with Crippen LogP contribution in [0.3, 0.4) is 0 Å². The van der Waals surface area contributed by atoms with E-state index < -0.39 is 0 Å². The summed E-state index contributed by atoms with van der Waals surface area (Å²) in [7, 11) is 6.40.